The van der Waals surface area contributed by atoms with Crippen molar-refractivity contribution in [3.05, 3.63) is 27.9 Å². The molecule has 0 radical (unpaired) electrons. The van der Waals surface area contributed by atoms with Crippen molar-refractivity contribution in [2.45, 2.75) is 25.3 Å². The predicted molar refractivity (Wildman–Crippen MR) is 74.4 cm³/mol. The minimum atomic E-state index is -0.513. The first-order chi connectivity index (χ1) is 9.61. The Morgan fingerprint density at radius 1 is 1.65 bits per heavy atom. The highest BCUT2D eigenvalue weighted by atomic mass is 16.6. The molecule has 1 aliphatic heterocycles. The maximum absolute atomic E-state index is 11.0. The number of hydrogen-bond acceptors (Lipinski definition) is 6. The van der Waals surface area contributed by atoms with Gasteiger partial charge in [0.1, 0.15) is 6.07 Å². The molecule has 0 aromatic carbocycles. The molecule has 1 atom stereocenters. The Bertz CT molecular complexity index is 540. The van der Waals surface area contributed by atoms with Gasteiger partial charge in [-0.15, -0.1) is 0 Å². The molecule has 7 nitrogen and oxygen atoms in total. The van der Waals surface area contributed by atoms with Crippen LogP contribution in [-0.2, 0) is 0 Å². The van der Waals surface area contributed by atoms with Gasteiger partial charge in [-0.2, -0.15) is 5.26 Å². The molecular formula is C13H17N5O2. The van der Waals surface area contributed by atoms with Gasteiger partial charge in [0.15, 0.2) is 0 Å². The summed E-state index contributed by atoms with van der Waals surface area (Å²) in [6.07, 6.45) is 4.80. The van der Waals surface area contributed by atoms with Gasteiger partial charge in [0.05, 0.1) is 10.5 Å². The van der Waals surface area contributed by atoms with E-state index in [1.165, 1.54) is 25.1 Å². The highest BCUT2D eigenvalue weighted by molar-refractivity contribution is 5.58. The van der Waals surface area contributed by atoms with Gasteiger partial charge in [0.25, 0.3) is 0 Å². The first-order valence-corrected chi connectivity index (χ1v) is 6.60. The van der Waals surface area contributed by atoms with E-state index in [-0.39, 0.29) is 17.1 Å². The van der Waals surface area contributed by atoms with E-state index in [2.05, 4.69) is 22.2 Å². The van der Waals surface area contributed by atoms with E-state index in [0.717, 1.165) is 13.0 Å². The fourth-order valence-electron chi connectivity index (χ4n) is 2.41. The Labute approximate surface area is 117 Å². The Kier molecular flexibility index (Phi) is 4.48. The fraction of sp³-hybridized carbons (Fsp3) is 0.538. The lowest BCUT2D eigenvalue weighted by molar-refractivity contribution is -0.384. The van der Waals surface area contributed by atoms with Gasteiger partial charge >= 0.3 is 5.69 Å². The number of nitro groups is 1. The van der Waals surface area contributed by atoms with Crippen LogP contribution in [0.5, 0.6) is 0 Å². The van der Waals surface area contributed by atoms with Crippen molar-refractivity contribution in [1.82, 2.24) is 9.88 Å². The number of nitrogens with one attached hydrogen (secondary N) is 1. The molecule has 2 rings (SSSR count). The summed E-state index contributed by atoms with van der Waals surface area (Å²) >= 11 is 0. The summed E-state index contributed by atoms with van der Waals surface area (Å²) in [5.41, 5.74) is 0.0412. The summed E-state index contributed by atoms with van der Waals surface area (Å²) in [5.74, 6) is 0.230. The van der Waals surface area contributed by atoms with Crippen molar-refractivity contribution >= 4 is 11.5 Å². The Balaban J connectivity index is 2.09. The van der Waals surface area contributed by atoms with Crippen LogP contribution in [0.3, 0.4) is 0 Å². The molecule has 1 aliphatic rings. The summed E-state index contributed by atoms with van der Waals surface area (Å²) < 4.78 is 0. The van der Waals surface area contributed by atoms with Gasteiger partial charge in [0.2, 0.25) is 5.82 Å². The molecule has 0 spiro atoms. The molecule has 1 N–H and O–H groups in total. The summed E-state index contributed by atoms with van der Waals surface area (Å²) in [5, 5.41) is 22.8. The van der Waals surface area contributed by atoms with E-state index in [1.807, 2.05) is 6.07 Å². The number of piperidine rings is 1. The molecule has 2 heterocycles. The minimum absolute atomic E-state index is 0.150. The predicted octanol–water partition coefficient (Wildman–Crippen LogP) is 1.76. The zero-order chi connectivity index (χ0) is 14.5. The summed E-state index contributed by atoms with van der Waals surface area (Å²) in [4.78, 5) is 16.7. The molecule has 1 saturated heterocycles. The van der Waals surface area contributed by atoms with Crippen LogP contribution >= 0.6 is 0 Å². The van der Waals surface area contributed by atoms with Crippen molar-refractivity contribution in [2.24, 2.45) is 0 Å². The molecule has 0 bridgehead atoms. The lowest BCUT2D eigenvalue weighted by Crippen LogP contribution is -2.40. The second-order valence-electron chi connectivity index (χ2n) is 4.97. The third-order valence-electron chi connectivity index (χ3n) is 3.62. The van der Waals surface area contributed by atoms with Crippen molar-refractivity contribution in [3.8, 4) is 6.07 Å². The van der Waals surface area contributed by atoms with Gasteiger partial charge in [-0.1, -0.05) is 6.42 Å². The lowest BCUT2D eigenvalue weighted by Gasteiger charge is -2.32. The fourth-order valence-corrected chi connectivity index (χ4v) is 2.41. The number of nitrogens with zero attached hydrogens (tertiary/aromatic N) is 4. The van der Waals surface area contributed by atoms with Crippen LogP contribution in [-0.4, -0.2) is 41.0 Å². The smallest absolute Gasteiger partial charge is 0.312 e. The van der Waals surface area contributed by atoms with E-state index >= 15 is 0 Å². The van der Waals surface area contributed by atoms with E-state index < -0.39 is 4.92 Å². The first kappa shape index (κ1) is 14.2. The van der Waals surface area contributed by atoms with Crippen LogP contribution in [0.15, 0.2) is 12.3 Å². The lowest BCUT2D eigenvalue weighted by atomic mass is 10.0. The maximum Gasteiger partial charge on any atom is 0.312 e. The van der Waals surface area contributed by atoms with Gasteiger partial charge in [-0.3, -0.25) is 10.1 Å². The number of anilines is 1. The second-order valence-corrected chi connectivity index (χ2v) is 4.97. The van der Waals surface area contributed by atoms with Crippen molar-refractivity contribution in [1.29, 1.82) is 5.26 Å². The van der Waals surface area contributed by atoms with Crippen molar-refractivity contribution in [3.63, 3.8) is 0 Å². The quantitative estimate of drug-likeness (QED) is 0.664. The topological polar surface area (TPSA) is 95.1 Å². The number of hydrogen-bond donors (Lipinski definition) is 1. The van der Waals surface area contributed by atoms with Crippen LogP contribution in [0.4, 0.5) is 11.5 Å². The monoisotopic (exact) mass is 275 g/mol. The average molecular weight is 275 g/mol. The van der Waals surface area contributed by atoms with Gasteiger partial charge in [0, 0.05) is 24.8 Å². The van der Waals surface area contributed by atoms with Gasteiger partial charge in [-0.25, -0.2) is 4.98 Å². The SMILES string of the molecule is CN1CCCCC1CNc1ncc(C#N)cc1[N+](=O)[O-]. The third kappa shape index (κ3) is 3.22. The standard InChI is InChI=1S/C13H17N5O2/c1-17-5-3-2-4-11(17)9-16-13-12(18(19)20)6-10(7-14)8-15-13/h6,8,11H,2-5,9H2,1H3,(H,15,16). The molecule has 0 saturated carbocycles. The van der Waals surface area contributed by atoms with Crippen LogP contribution in [0, 0.1) is 21.4 Å². The highest BCUT2D eigenvalue weighted by Crippen LogP contribution is 2.23. The molecule has 7 heteroatoms. The molecule has 1 aromatic rings. The Hall–Kier alpha value is -2.20. The highest BCUT2D eigenvalue weighted by Gasteiger charge is 2.21. The van der Waals surface area contributed by atoms with Gasteiger partial charge in [-0.05, 0) is 26.4 Å². The maximum atomic E-state index is 11.0. The Morgan fingerprint density at radius 3 is 3.10 bits per heavy atom. The van der Waals surface area contributed by atoms with E-state index in [0.29, 0.717) is 12.6 Å². The minimum Gasteiger partial charge on any atom is -0.363 e. The number of likely N-dealkylation sites (tertiary alicyclic amines) is 1. The second kappa shape index (κ2) is 6.30. The van der Waals surface area contributed by atoms with Crippen LogP contribution < -0.4 is 5.32 Å². The van der Waals surface area contributed by atoms with E-state index in [4.69, 9.17) is 5.26 Å². The number of likely N-dealkylation sites (N-methyl/N-ethyl adjacent to an activating group) is 1. The normalized spacial score (nSPS) is 19.3. The number of rotatable bonds is 4. The molecule has 20 heavy (non-hydrogen) atoms. The zero-order valence-corrected chi connectivity index (χ0v) is 11.4. The van der Waals surface area contributed by atoms with Crippen LogP contribution in [0.25, 0.3) is 0 Å². The van der Waals surface area contributed by atoms with Gasteiger partial charge < -0.3 is 10.2 Å². The van der Waals surface area contributed by atoms with E-state index in [1.54, 1.807) is 0 Å². The van der Waals surface area contributed by atoms with E-state index in [9.17, 15) is 10.1 Å². The molecule has 1 unspecified atom stereocenters. The molecular weight excluding hydrogens is 258 g/mol. The van der Waals surface area contributed by atoms with Crippen molar-refractivity contribution in [2.75, 3.05) is 25.5 Å². The third-order valence-corrected chi connectivity index (χ3v) is 3.62. The number of nitriles is 1. The molecule has 1 aromatic heterocycles. The molecule has 0 aliphatic carbocycles. The largest absolute Gasteiger partial charge is 0.363 e. The molecule has 1 fully saturated rings. The average Bonchev–Trinajstić information content (AvgIpc) is 2.46. The summed E-state index contributed by atoms with van der Waals surface area (Å²) in [7, 11) is 2.06. The zero-order valence-electron chi connectivity index (χ0n) is 11.4. The van der Waals surface area contributed by atoms with Crippen LogP contribution in [0.2, 0.25) is 0 Å². The molecule has 0 amide bonds. The summed E-state index contributed by atoms with van der Waals surface area (Å²) in [6.45, 7) is 1.67. The van der Waals surface area contributed by atoms with Crippen LogP contribution in [0.1, 0.15) is 24.8 Å². The first-order valence-electron chi connectivity index (χ1n) is 6.60. The number of aromatic nitrogens is 1. The number of pyridine rings is 1. The van der Waals surface area contributed by atoms with Crippen molar-refractivity contribution < 1.29 is 4.92 Å². The molecule has 106 valence electrons. The summed E-state index contributed by atoms with van der Waals surface area (Å²) in [6, 6.07) is 3.47. The Morgan fingerprint density at radius 2 is 2.45 bits per heavy atom.